The van der Waals surface area contributed by atoms with Crippen molar-refractivity contribution in [3.63, 3.8) is 0 Å². The zero-order chi connectivity index (χ0) is 27.0. The van der Waals surface area contributed by atoms with Crippen molar-refractivity contribution in [3.8, 4) is 11.5 Å². The Balaban J connectivity index is 1.34. The van der Waals surface area contributed by atoms with Gasteiger partial charge < -0.3 is 9.84 Å². The van der Waals surface area contributed by atoms with Gasteiger partial charge in [0.2, 0.25) is 0 Å². The highest BCUT2D eigenvalue weighted by molar-refractivity contribution is 6.00. The van der Waals surface area contributed by atoms with Gasteiger partial charge in [-0.2, -0.15) is 0 Å². The summed E-state index contributed by atoms with van der Waals surface area (Å²) in [6.07, 6.45) is 7.02. The van der Waals surface area contributed by atoms with Gasteiger partial charge in [-0.25, -0.2) is 0 Å². The minimum atomic E-state index is -0.256. The number of alkyl halides is 1. The molecular weight excluding hydrogens is 485 g/mol. The summed E-state index contributed by atoms with van der Waals surface area (Å²) in [7, 11) is 0. The summed E-state index contributed by atoms with van der Waals surface area (Å²) in [6, 6.07) is 21.6. The summed E-state index contributed by atoms with van der Waals surface area (Å²) in [5.74, 6) is 1.22. The van der Waals surface area contributed by atoms with Crippen LogP contribution in [0.2, 0.25) is 0 Å². The molecule has 1 aliphatic heterocycles. The van der Waals surface area contributed by atoms with E-state index in [1.54, 1.807) is 0 Å². The van der Waals surface area contributed by atoms with Crippen molar-refractivity contribution in [2.45, 2.75) is 64.9 Å². The van der Waals surface area contributed by atoms with Gasteiger partial charge in [-0.15, -0.1) is 0 Å². The van der Waals surface area contributed by atoms with Crippen LogP contribution in [0.1, 0.15) is 72.9 Å². The van der Waals surface area contributed by atoms with Gasteiger partial charge >= 0.3 is 0 Å². The third-order valence-electron chi connectivity index (χ3n) is 8.71. The number of aryl methyl sites for hydroxylation is 1. The van der Waals surface area contributed by atoms with E-state index in [2.05, 4.69) is 67.3 Å². The van der Waals surface area contributed by atoms with Crippen LogP contribution in [-0.4, -0.2) is 42.4 Å². The molecule has 204 valence electrons. The maximum absolute atomic E-state index is 12.6. The maximum atomic E-state index is 12.6. The molecule has 3 nitrogen and oxygen atoms in total. The Bertz CT molecular complexity index is 1370. The number of ether oxygens (including phenoxy) is 1. The molecule has 3 aromatic rings. The quantitative estimate of drug-likeness (QED) is 0.344. The number of fused-ring (bicyclic) bond motifs is 2. The second kappa shape index (κ2) is 10.8. The number of nitrogens with zero attached hydrogens (tertiary/aromatic N) is 1. The first kappa shape index (κ1) is 26.1. The normalized spacial score (nSPS) is 20.5. The van der Waals surface area contributed by atoms with Crippen molar-refractivity contribution >= 4 is 11.1 Å². The van der Waals surface area contributed by atoms with Crippen LogP contribution >= 0.6 is 0 Å². The molecule has 1 fully saturated rings. The first-order valence-electron chi connectivity index (χ1n) is 14.6. The largest absolute Gasteiger partial charge is 0.508 e. The SMILES string of the molecule is CC1(C)Cc2ccc(C3=C(c4ccc(O[C@H]5CCN(CCCF)C5)cc4)c4ccc(O)cc4CCC3)cc2C1. The molecule has 1 saturated heterocycles. The highest BCUT2D eigenvalue weighted by Crippen LogP contribution is 2.43. The molecule has 4 heteroatoms. The number of hydrogen-bond donors (Lipinski definition) is 1. The second-order valence-electron chi connectivity index (χ2n) is 12.4. The lowest BCUT2D eigenvalue weighted by molar-refractivity contribution is 0.198. The molecule has 6 rings (SSSR count). The summed E-state index contributed by atoms with van der Waals surface area (Å²) in [5, 5.41) is 10.3. The Morgan fingerprint density at radius 1 is 0.923 bits per heavy atom. The molecule has 0 bridgehead atoms. The van der Waals surface area contributed by atoms with Crippen LogP contribution in [0.25, 0.3) is 11.1 Å². The lowest BCUT2D eigenvalue weighted by Gasteiger charge is -2.19. The zero-order valence-corrected chi connectivity index (χ0v) is 23.3. The first-order valence-corrected chi connectivity index (χ1v) is 14.6. The van der Waals surface area contributed by atoms with E-state index in [1.807, 2.05) is 12.1 Å². The minimum absolute atomic E-state index is 0.155. The predicted octanol–water partition coefficient (Wildman–Crippen LogP) is 7.63. The lowest BCUT2D eigenvalue weighted by Crippen LogP contribution is -2.26. The Morgan fingerprint density at radius 3 is 2.54 bits per heavy atom. The third kappa shape index (κ3) is 5.63. The van der Waals surface area contributed by atoms with Crippen LogP contribution in [0.4, 0.5) is 4.39 Å². The highest BCUT2D eigenvalue weighted by atomic mass is 19.1. The molecule has 0 amide bonds. The number of halogens is 1. The Labute approximate surface area is 232 Å². The molecule has 0 saturated carbocycles. The van der Waals surface area contributed by atoms with E-state index in [0.29, 0.717) is 17.6 Å². The van der Waals surface area contributed by atoms with Gasteiger partial charge in [0.15, 0.2) is 0 Å². The Kier molecular flexibility index (Phi) is 7.24. The summed E-state index contributed by atoms with van der Waals surface area (Å²) in [6.45, 7) is 7.11. The fourth-order valence-corrected chi connectivity index (χ4v) is 6.91. The van der Waals surface area contributed by atoms with E-state index in [1.165, 1.54) is 44.5 Å². The molecule has 1 atom stereocenters. The first-order chi connectivity index (χ1) is 18.9. The molecular formula is C35H40FNO2. The molecule has 0 aromatic heterocycles. The fraction of sp³-hybridized carbons (Fsp3) is 0.429. The summed E-state index contributed by atoms with van der Waals surface area (Å²) >= 11 is 0. The van der Waals surface area contributed by atoms with Crippen molar-refractivity contribution in [1.29, 1.82) is 0 Å². The van der Waals surface area contributed by atoms with Gasteiger partial charge in [-0.3, -0.25) is 9.29 Å². The molecule has 1 N–H and O–H groups in total. The van der Waals surface area contributed by atoms with Crippen molar-refractivity contribution < 1.29 is 14.2 Å². The van der Waals surface area contributed by atoms with Crippen LogP contribution in [0.15, 0.2) is 60.7 Å². The summed E-state index contributed by atoms with van der Waals surface area (Å²) < 4.78 is 18.9. The lowest BCUT2D eigenvalue weighted by atomic mass is 9.87. The van der Waals surface area contributed by atoms with E-state index in [-0.39, 0.29) is 12.8 Å². The standard InChI is InChI=1S/C35H40FNO2/c1-35(2)21-27-8-7-26(19-28(27)22-35)32-6-3-5-25-20-29(38)11-14-33(25)34(32)24-9-12-30(13-10-24)39-31-15-18-37(23-31)17-4-16-36/h7-14,19-20,31,38H,3-6,15-18,21-23H2,1-2H3/t31-/m0/s1. The van der Waals surface area contributed by atoms with Crippen molar-refractivity contribution in [3.05, 3.63) is 94.0 Å². The Hall–Kier alpha value is -3.11. The van der Waals surface area contributed by atoms with Gasteiger partial charge in [0.1, 0.15) is 17.6 Å². The molecule has 2 aliphatic carbocycles. The van der Waals surface area contributed by atoms with E-state index in [9.17, 15) is 9.50 Å². The molecule has 39 heavy (non-hydrogen) atoms. The number of phenolic OH excluding ortho intramolecular Hbond substituents is 1. The van der Waals surface area contributed by atoms with E-state index >= 15 is 0 Å². The fourth-order valence-electron chi connectivity index (χ4n) is 6.91. The van der Waals surface area contributed by atoms with E-state index in [4.69, 9.17) is 4.74 Å². The number of rotatable bonds is 7. The molecule has 1 heterocycles. The number of hydrogen-bond acceptors (Lipinski definition) is 3. The average Bonchev–Trinajstić information content (AvgIpc) is 3.43. The van der Waals surface area contributed by atoms with Gasteiger partial charge in [0.05, 0.1) is 6.67 Å². The zero-order valence-electron chi connectivity index (χ0n) is 23.3. The molecule has 3 aromatic carbocycles. The molecule has 0 radical (unpaired) electrons. The number of likely N-dealkylation sites (tertiary alicyclic amines) is 1. The minimum Gasteiger partial charge on any atom is -0.508 e. The van der Waals surface area contributed by atoms with Crippen LogP contribution in [-0.2, 0) is 19.3 Å². The maximum Gasteiger partial charge on any atom is 0.119 e. The average molecular weight is 526 g/mol. The number of phenols is 1. The van der Waals surface area contributed by atoms with Crippen LogP contribution in [0.3, 0.4) is 0 Å². The highest BCUT2D eigenvalue weighted by Gasteiger charge is 2.29. The van der Waals surface area contributed by atoms with Gasteiger partial charge in [-0.05, 0) is 119 Å². The number of benzene rings is 3. The summed E-state index contributed by atoms with van der Waals surface area (Å²) in [5.41, 5.74) is 10.9. The van der Waals surface area contributed by atoms with E-state index < -0.39 is 0 Å². The van der Waals surface area contributed by atoms with Crippen molar-refractivity contribution in [2.24, 2.45) is 5.41 Å². The van der Waals surface area contributed by atoms with Crippen molar-refractivity contribution in [1.82, 2.24) is 4.90 Å². The van der Waals surface area contributed by atoms with Crippen molar-refractivity contribution in [2.75, 3.05) is 26.3 Å². The second-order valence-corrected chi connectivity index (χ2v) is 12.4. The van der Waals surface area contributed by atoms with Gasteiger partial charge in [0.25, 0.3) is 0 Å². The van der Waals surface area contributed by atoms with E-state index in [0.717, 1.165) is 63.9 Å². The third-order valence-corrected chi connectivity index (χ3v) is 8.71. The number of aromatic hydroxyl groups is 1. The van der Waals surface area contributed by atoms with Crippen LogP contribution in [0.5, 0.6) is 11.5 Å². The molecule has 3 aliphatic rings. The van der Waals surface area contributed by atoms with Gasteiger partial charge in [-0.1, -0.05) is 50.2 Å². The van der Waals surface area contributed by atoms with Crippen LogP contribution in [0, 0.1) is 5.41 Å². The predicted molar refractivity (Wildman–Crippen MR) is 157 cm³/mol. The molecule has 0 unspecified atom stereocenters. The van der Waals surface area contributed by atoms with Crippen LogP contribution < -0.4 is 4.74 Å². The number of allylic oxidation sites excluding steroid dienone is 1. The molecule has 0 spiro atoms. The monoisotopic (exact) mass is 525 g/mol. The topological polar surface area (TPSA) is 32.7 Å². The Morgan fingerprint density at radius 2 is 1.72 bits per heavy atom. The van der Waals surface area contributed by atoms with Gasteiger partial charge in [0, 0.05) is 19.6 Å². The smallest absolute Gasteiger partial charge is 0.119 e. The summed E-state index contributed by atoms with van der Waals surface area (Å²) in [4.78, 5) is 2.30.